The minimum atomic E-state index is 0. The Balaban J connectivity index is 0.00000162. The Labute approximate surface area is 123 Å². The third-order valence-corrected chi connectivity index (χ3v) is 3.48. The minimum Gasteiger partial charge on any atom is -0.492 e. The topological polar surface area (TPSA) is 33.6 Å². The molecule has 1 heterocycles. The summed E-state index contributed by atoms with van der Waals surface area (Å²) < 4.78 is 5.77. The molecular formula is C13H19BrN2OS. The van der Waals surface area contributed by atoms with Gasteiger partial charge in [0.2, 0.25) is 0 Å². The highest BCUT2D eigenvalue weighted by Gasteiger charge is 2.05. The highest BCUT2D eigenvalue weighted by molar-refractivity contribution is 8.93. The number of aliphatic imine (C=N–C) groups is 1. The lowest BCUT2D eigenvalue weighted by molar-refractivity contribution is 0.341. The summed E-state index contributed by atoms with van der Waals surface area (Å²) in [5.41, 5.74) is 2.43. The van der Waals surface area contributed by atoms with E-state index in [2.05, 4.69) is 42.4 Å². The van der Waals surface area contributed by atoms with Crippen molar-refractivity contribution in [2.45, 2.75) is 13.8 Å². The number of nitrogens with one attached hydrogen (secondary N) is 1. The van der Waals surface area contributed by atoms with Gasteiger partial charge in [-0.25, -0.2) is 0 Å². The molecule has 0 aliphatic carbocycles. The second kappa shape index (κ2) is 7.69. The molecule has 18 heavy (non-hydrogen) atoms. The summed E-state index contributed by atoms with van der Waals surface area (Å²) in [6.07, 6.45) is 0. The average Bonchev–Trinajstić information content (AvgIpc) is 2.82. The molecule has 0 saturated carbocycles. The number of hydrogen-bond donors (Lipinski definition) is 1. The van der Waals surface area contributed by atoms with Crippen molar-refractivity contribution in [2.24, 2.45) is 4.99 Å². The molecule has 0 unspecified atom stereocenters. The molecular weight excluding hydrogens is 312 g/mol. The minimum absolute atomic E-state index is 0. The van der Waals surface area contributed by atoms with Gasteiger partial charge in [-0.1, -0.05) is 23.9 Å². The van der Waals surface area contributed by atoms with Crippen LogP contribution < -0.4 is 10.1 Å². The van der Waals surface area contributed by atoms with Gasteiger partial charge in [0.15, 0.2) is 5.17 Å². The Morgan fingerprint density at radius 1 is 1.39 bits per heavy atom. The molecule has 100 valence electrons. The van der Waals surface area contributed by atoms with Gasteiger partial charge in [0, 0.05) is 12.3 Å². The van der Waals surface area contributed by atoms with Crippen LogP contribution in [0.1, 0.15) is 11.1 Å². The summed E-state index contributed by atoms with van der Waals surface area (Å²) in [4.78, 5) is 4.32. The van der Waals surface area contributed by atoms with E-state index >= 15 is 0 Å². The number of benzene rings is 1. The number of hydrogen-bond acceptors (Lipinski definition) is 4. The third kappa shape index (κ3) is 4.53. The predicted octanol–water partition coefficient (Wildman–Crippen LogP) is 2.95. The summed E-state index contributed by atoms with van der Waals surface area (Å²) in [5.74, 6) is 1.92. The molecule has 5 heteroatoms. The van der Waals surface area contributed by atoms with E-state index in [4.69, 9.17) is 4.74 Å². The van der Waals surface area contributed by atoms with Gasteiger partial charge in [-0.05, 0) is 31.0 Å². The first kappa shape index (κ1) is 15.4. The molecule has 3 nitrogen and oxygen atoms in total. The number of thioether (sulfide) groups is 1. The number of ether oxygens (including phenoxy) is 1. The second-order valence-electron chi connectivity index (χ2n) is 4.08. The van der Waals surface area contributed by atoms with Crippen molar-refractivity contribution in [1.29, 1.82) is 0 Å². The van der Waals surface area contributed by atoms with Gasteiger partial charge in [-0.2, -0.15) is 0 Å². The Bertz CT molecular complexity index is 423. The predicted molar refractivity (Wildman–Crippen MR) is 84.5 cm³/mol. The summed E-state index contributed by atoms with van der Waals surface area (Å²) in [6, 6.07) is 6.29. The van der Waals surface area contributed by atoms with Crippen molar-refractivity contribution in [3.05, 3.63) is 29.3 Å². The highest BCUT2D eigenvalue weighted by atomic mass is 79.9. The second-order valence-corrected chi connectivity index (χ2v) is 5.16. The molecule has 1 aromatic carbocycles. The van der Waals surface area contributed by atoms with Crippen molar-refractivity contribution in [3.63, 3.8) is 0 Å². The van der Waals surface area contributed by atoms with E-state index in [1.807, 2.05) is 0 Å². The van der Waals surface area contributed by atoms with Crippen LogP contribution in [0, 0.1) is 13.8 Å². The van der Waals surface area contributed by atoms with Crippen molar-refractivity contribution in [2.75, 3.05) is 25.4 Å². The maximum absolute atomic E-state index is 5.77. The van der Waals surface area contributed by atoms with E-state index in [9.17, 15) is 0 Å². The van der Waals surface area contributed by atoms with Gasteiger partial charge in [-0.15, -0.1) is 17.0 Å². The number of rotatable bonds is 4. The Hall–Kier alpha value is -0.680. The van der Waals surface area contributed by atoms with Crippen LogP contribution in [0.5, 0.6) is 5.75 Å². The van der Waals surface area contributed by atoms with Gasteiger partial charge in [0.25, 0.3) is 0 Å². The highest BCUT2D eigenvalue weighted by Crippen LogP contribution is 2.19. The molecule has 2 rings (SSSR count). The lowest BCUT2D eigenvalue weighted by atomic mass is 10.1. The van der Waals surface area contributed by atoms with E-state index < -0.39 is 0 Å². The van der Waals surface area contributed by atoms with Gasteiger partial charge >= 0.3 is 0 Å². The Morgan fingerprint density at radius 2 is 2.22 bits per heavy atom. The van der Waals surface area contributed by atoms with Gasteiger partial charge in [0.1, 0.15) is 5.75 Å². The fraction of sp³-hybridized carbons (Fsp3) is 0.462. The monoisotopic (exact) mass is 330 g/mol. The van der Waals surface area contributed by atoms with Crippen molar-refractivity contribution in [1.82, 2.24) is 5.32 Å². The van der Waals surface area contributed by atoms with Crippen LogP contribution in [-0.2, 0) is 0 Å². The van der Waals surface area contributed by atoms with Crippen molar-refractivity contribution >= 4 is 33.9 Å². The summed E-state index contributed by atoms with van der Waals surface area (Å²) in [6.45, 7) is 6.75. The van der Waals surface area contributed by atoms with Crippen LogP contribution in [0.3, 0.4) is 0 Å². The zero-order valence-electron chi connectivity index (χ0n) is 10.7. The molecule has 0 aromatic heterocycles. The van der Waals surface area contributed by atoms with Gasteiger partial charge in [0.05, 0.1) is 13.2 Å². The molecule has 1 aromatic rings. The fourth-order valence-corrected chi connectivity index (χ4v) is 2.37. The van der Waals surface area contributed by atoms with Crippen LogP contribution in [0.15, 0.2) is 23.2 Å². The molecule has 0 radical (unpaired) electrons. The maximum Gasteiger partial charge on any atom is 0.156 e. The largest absolute Gasteiger partial charge is 0.492 e. The maximum atomic E-state index is 5.77. The number of amidine groups is 1. The van der Waals surface area contributed by atoms with E-state index in [1.54, 1.807) is 11.8 Å². The molecule has 0 spiro atoms. The fourth-order valence-electron chi connectivity index (χ4n) is 1.63. The normalized spacial score (nSPS) is 13.6. The van der Waals surface area contributed by atoms with E-state index in [0.717, 1.165) is 36.4 Å². The summed E-state index contributed by atoms with van der Waals surface area (Å²) in [7, 11) is 0. The molecule has 0 saturated heterocycles. The first-order valence-electron chi connectivity index (χ1n) is 5.87. The quantitative estimate of drug-likeness (QED) is 0.862. The number of halogens is 1. The molecule has 0 atom stereocenters. The van der Waals surface area contributed by atoms with E-state index in [0.29, 0.717) is 0 Å². The SMILES string of the molecule is Br.Cc1ccc(C)c(OCCSC2=NCCN2)c1. The van der Waals surface area contributed by atoms with Gasteiger partial charge < -0.3 is 10.1 Å². The lowest BCUT2D eigenvalue weighted by Gasteiger charge is -2.09. The zero-order valence-corrected chi connectivity index (χ0v) is 13.3. The Kier molecular flexibility index (Phi) is 6.57. The summed E-state index contributed by atoms with van der Waals surface area (Å²) >= 11 is 1.73. The van der Waals surface area contributed by atoms with E-state index in [1.165, 1.54) is 11.1 Å². The van der Waals surface area contributed by atoms with Crippen LogP contribution in [0.2, 0.25) is 0 Å². The van der Waals surface area contributed by atoms with Crippen LogP contribution in [-0.4, -0.2) is 30.6 Å². The molecule has 1 aliphatic heterocycles. The third-order valence-electron chi connectivity index (χ3n) is 2.57. The standard InChI is InChI=1S/C13H18N2OS.BrH/c1-10-3-4-11(2)12(9-10)16-7-8-17-13-14-5-6-15-13;/h3-4,9H,5-8H2,1-2H3,(H,14,15);1H. The van der Waals surface area contributed by atoms with Crippen LogP contribution in [0.4, 0.5) is 0 Å². The Morgan fingerprint density at radius 3 is 2.94 bits per heavy atom. The van der Waals surface area contributed by atoms with Crippen LogP contribution in [0.25, 0.3) is 0 Å². The van der Waals surface area contributed by atoms with Crippen molar-refractivity contribution in [3.8, 4) is 5.75 Å². The average molecular weight is 331 g/mol. The van der Waals surface area contributed by atoms with Crippen molar-refractivity contribution < 1.29 is 4.74 Å². The molecule has 0 fully saturated rings. The smallest absolute Gasteiger partial charge is 0.156 e. The van der Waals surface area contributed by atoms with Crippen LogP contribution >= 0.6 is 28.7 Å². The first-order valence-corrected chi connectivity index (χ1v) is 6.85. The van der Waals surface area contributed by atoms with E-state index in [-0.39, 0.29) is 17.0 Å². The molecule has 1 N–H and O–H groups in total. The zero-order chi connectivity index (χ0) is 12.1. The number of aryl methyl sites for hydroxylation is 2. The molecule has 0 amide bonds. The summed E-state index contributed by atoms with van der Waals surface area (Å²) in [5, 5.41) is 4.28. The lowest BCUT2D eigenvalue weighted by Crippen LogP contribution is -2.16. The molecule has 0 bridgehead atoms. The number of nitrogens with zero attached hydrogens (tertiary/aromatic N) is 1. The first-order chi connectivity index (χ1) is 8.25. The molecule has 1 aliphatic rings. The van der Waals surface area contributed by atoms with Gasteiger partial charge in [-0.3, -0.25) is 4.99 Å².